The van der Waals surface area contributed by atoms with E-state index < -0.39 is 17.7 Å². The summed E-state index contributed by atoms with van der Waals surface area (Å²) in [5.41, 5.74) is 2.23. The zero-order valence-electron chi connectivity index (χ0n) is 10.9. The molecular formula is C16H15F2NO. The molecule has 20 heavy (non-hydrogen) atoms. The number of aromatic nitrogens is 1. The van der Waals surface area contributed by atoms with Gasteiger partial charge in [-0.25, -0.2) is 8.78 Å². The third kappa shape index (κ3) is 2.31. The molecule has 1 aromatic carbocycles. The van der Waals surface area contributed by atoms with Gasteiger partial charge in [-0.3, -0.25) is 4.98 Å². The Morgan fingerprint density at radius 1 is 1.25 bits per heavy atom. The van der Waals surface area contributed by atoms with E-state index in [1.54, 1.807) is 6.20 Å². The minimum atomic E-state index is -0.875. The first kappa shape index (κ1) is 13.2. The fourth-order valence-corrected chi connectivity index (χ4v) is 2.89. The molecule has 0 spiro atoms. The summed E-state index contributed by atoms with van der Waals surface area (Å²) in [5, 5.41) is 10.3. The number of hydrogen-bond donors (Lipinski definition) is 1. The molecule has 2 atom stereocenters. The van der Waals surface area contributed by atoms with E-state index in [0.717, 1.165) is 30.2 Å². The quantitative estimate of drug-likeness (QED) is 0.934. The lowest BCUT2D eigenvalue weighted by molar-refractivity contribution is 0.140. The van der Waals surface area contributed by atoms with Gasteiger partial charge in [-0.15, -0.1) is 0 Å². The first-order valence-corrected chi connectivity index (χ1v) is 6.71. The number of aryl methyl sites for hydroxylation is 1. The van der Waals surface area contributed by atoms with Gasteiger partial charge in [0.2, 0.25) is 0 Å². The molecule has 0 fully saturated rings. The van der Waals surface area contributed by atoms with Gasteiger partial charge in [0.05, 0.1) is 6.10 Å². The summed E-state index contributed by atoms with van der Waals surface area (Å²) in [6.07, 6.45) is 2.72. The van der Waals surface area contributed by atoms with Crippen molar-refractivity contribution in [1.82, 2.24) is 4.98 Å². The number of benzene rings is 1. The van der Waals surface area contributed by atoms with Gasteiger partial charge in [0.1, 0.15) is 0 Å². The second-order valence-corrected chi connectivity index (χ2v) is 5.18. The smallest absolute Gasteiger partial charge is 0.162 e. The Bertz CT molecular complexity index is 630. The Kier molecular flexibility index (Phi) is 3.49. The third-order valence-electron chi connectivity index (χ3n) is 3.93. The predicted octanol–water partition coefficient (Wildman–Crippen LogP) is 2.99. The molecule has 0 saturated heterocycles. The molecule has 2 nitrogen and oxygen atoms in total. The van der Waals surface area contributed by atoms with Crippen molar-refractivity contribution >= 4 is 0 Å². The summed E-state index contributed by atoms with van der Waals surface area (Å²) in [6, 6.07) is 7.92. The molecule has 0 saturated carbocycles. The van der Waals surface area contributed by atoms with Crippen molar-refractivity contribution < 1.29 is 13.9 Å². The van der Waals surface area contributed by atoms with Crippen LogP contribution in [0.3, 0.4) is 0 Å². The van der Waals surface area contributed by atoms with E-state index >= 15 is 0 Å². The highest BCUT2D eigenvalue weighted by molar-refractivity contribution is 5.30. The molecule has 0 amide bonds. The van der Waals surface area contributed by atoms with Crippen molar-refractivity contribution in [3.63, 3.8) is 0 Å². The zero-order valence-corrected chi connectivity index (χ0v) is 10.9. The van der Waals surface area contributed by atoms with Crippen LogP contribution in [0.4, 0.5) is 8.78 Å². The Morgan fingerprint density at radius 2 is 2.10 bits per heavy atom. The fourth-order valence-electron chi connectivity index (χ4n) is 2.89. The van der Waals surface area contributed by atoms with E-state index in [9.17, 15) is 13.9 Å². The molecular weight excluding hydrogens is 260 g/mol. The molecule has 0 bridgehead atoms. The summed E-state index contributed by atoms with van der Waals surface area (Å²) in [7, 11) is 0. The van der Waals surface area contributed by atoms with Gasteiger partial charge in [0.15, 0.2) is 11.6 Å². The van der Waals surface area contributed by atoms with Crippen molar-refractivity contribution in [2.45, 2.75) is 31.3 Å². The van der Waals surface area contributed by atoms with E-state index in [-0.39, 0.29) is 17.9 Å². The van der Waals surface area contributed by atoms with E-state index in [1.807, 2.05) is 12.1 Å². The number of aliphatic hydroxyl groups is 1. The molecule has 4 heteroatoms. The number of rotatable bonds is 3. The summed E-state index contributed by atoms with van der Waals surface area (Å²) >= 11 is 0. The van der Waals surface area contributed by atoms with Gasteiger partial charge in [-0.1, -0.05) is 18.2 Å². The number of halogens is 2. The molecule has 0 radical (unpaired) electrons. The second kappa shape index (κ2) is 5.29. The van der Waals surface area contributed by atoms with Crippen LogP contribution in [0.15, 0.2) is 36.5 Å². The average molecular weight is 275 g/mol. The van der Waals surface area contributed by atoms with E-state index in [1.165, 1.54) is 12.1 Å². The highest BCUT2D eigenvalue weighted by Crippen LogP contribution is 2.35. The maximum absolute atomic E-state index is 13.6. The molecule has 1 N–H and O–H groups in total. The van der Waals surface area contributed by atoms with E-state index in [2.05, 4.69) is 4.98 Å². The monoisotopic (exact) mass is 275 g/mol. The summed E-state index contributed by atoms with van der Waals surface area (Å²) < 4.78 is 26.8. The number of fused-ring (bicyclic) bond motifs is 1. The fraction of sp³-hybridized carbons (Fsp3) is 0.312. The lowest BCUT2D eigenvalue weighted by Crippen LogP contribution is -2.20. The molecule has 2 unspecified atom stereocenters. The van der Waals surface area contributed by atoms with Crippen LogP contribution in [0.1, 0.15) is 29.2 Å². The lowest BCUT2D eigenvalue weighted by Gasteiger charge is -2.18. The molecule has 0 aliphatic heterocycles. The normalized spacial score (nSPS) is 18.9. The molecule has 1 aromatic heterocycles. The highest BCUT2D eigenvalue weighted by Gasteiger charge is 2.30. The van der Waals surface area contributed by atoms with E-state index in [4.69, 9.17) is 0 Å². The standard InChI is InChI=1S/C16H15F2NO/c17-13-5-1-3-11(15(13)18)9-14(20)12-7-6-10-4-2-8-19-16(10)12/h1-5,8,12,14,20H,6-7,9H2. The summed E-state index contributed by atoms with van der Waals surface area (Å²) in [4.78, 5) is 4.32. The van der Waals surface area contributed by atoms with Crippen molar-refractivity contribution in [3.8, 4) is 0 Å². The van der Waals surface area contributed by atoms with E-state index in [0.29, 0.717) is 0 Å². The second-order valence-electron chi connectivity index (χ2n) is 5.18. The zero-order chi connectivity index (χ0) is 14.1. The lowest BCUT2D eigenvalue weighted by atomic mass is 9.93. The van der Waals surface area contributed by atoms with Crippen LogP contribution in [0.25, 0.3) is 0 Å². The number of pyridine rings is 1. The molecule has 1 heterocycles. The van der Waals surface area contributed by atoms with Crippen LogP contribution in [0, 0.1) is 11.6 Å². The first-order chi connectivity index (χ1) is 9.66. The van der Waals surface area contributed by atoms with Gasteiger partial charge in [-0.05, 0) is 36.1 Å². The van der Waals surface area contributed by atoms with Crippen LogP contribution in [-0.2, 0) is 12.8 Å². The Hall–Kier alpha value is -1.81. The number of aliphatic hydroxyl groups excluding tert-OH is 1. The third-order valence-corrected chi connectivity index (χ3v) is 3.93. The van der Waals surface area contributed by atoms with Crippen molar-refractivity contribution in [1.29, 1.82) is 0 Å². The van der Waals surface area contributed by atoms with Crippen LogP contribution in [0.5, 0.6) is 0 Å². The van der Waals surface area contributed by atoms with Crippen molar-refractivity contribution in [2.24, 2.45) is 0 Å². The number of nitrogens with zero attached hydrogens (tertiary/aromatic N) is 1. The molecule has 2 aromatic rings. The van der Waals surface area contributed by atoms with Gasteiger partial charge in [-0.2, -0.15) is 0 Å². The van der Waals surface area contributed by atoms with Gasteiger partial charge < -0.3 is 5.11 Å². The van der Waals surface area contributed by atoms with Gasteiger partial charge >= 0.3 is 0 Å². The minimum Gasteiger partial charge on any atom is -0.392 e. The Labute approximate surface area is 116 Å². The number of hydrogen-bond acceptors (Lipinski definition) is 2. The topological polar surface area (TPSA) is 33.1 Å². The van der Waals surface area contributed by atoms with Crippen LogP contribution < -0.4 is 0 Å². The first-order valence-electron chi connectivity index (χ1n) is 6.71. The Balaban J connectivity index is 1.81. The molecule has 1 aliphatic carbocycles. The largest absolute Gasteiger partial charge is 0.392 e. The molecule has 104 valence electrons. The SMILES string of the molecule is OC(Cc1cccc(F)c1F)C1CCc2cccnc21. The van der Waals surface area contributed by atoms with Crippen LogP contribution >= 0.6 is 0 Å². The predicted molar refractivity (Wildman–Crippen MR) is 71.4 cm³/mol. The minimum absolute atomic E-state index is 0.101. The van der Waals surface area contributed by atoms with Crippen LogP contribution in [0.2, 0.25) is 0 Å². The van der Waals surface area contributed by atoms with Gasteiger partial charge in [0, 0.05) is 24.2 Å². The van der Waals surface area contributed by atoms with Crippen molar-refractivity contribution in [3.05, 3.63) is 65.0 Å². The molecule has 3 rings (SSSR count). The summed E-state index contributed by atoms with van der Waals surface area (Å²) in [5.74, 6) is -1.85. The molecule has 1 aliphatic rings. The van der Waals surface area contributed by atoms with Crippen molar-refractivity contribution in [2.75, 3.05) is 0 Å². The maximum Gasteiger partial charge on any atom is 0.162 e. The van der Waals surface area contributed by atoms with Gasteiger partial charge in [0.25, 0.3) is 0 Å². The Morgan fingerprint density at radius 3 is 2.95 bits per heavy atom. The van der Waals surface area contributed by atoms with Crippen LogP contribution in [-0.4, -0.2) is 16.2 Å². The summed E-state index contributed by atoms with van der Waals surface area (Å²) in [6.45, 7) is 0. The maximum atomic E-state index is 13.6. The average Bonchev–Trinajstić information content (AvgIpc) is 2.88. The highest BCUT2D eigenvalue weighted by atomic mass is 19.2.